The van der Waals surface area contributed by atoms with Gasteiger partial charge in [-0.25, -0.2) is 4.79 Å². The minimum atomic E-state index is -0.940. The Bertz CT molecular complexity index is 330. The summed E-state index contributed by atoms with van der Waals surface area (Å²) in [6, 6.07) is -0.500. The molecule has 19 heavy (non-hydrogen) atoms. The van der Waals surface area contributed by atoms with E-state index in [0.29, 0.717) is 6.42 Å². The lowest BCUT2D eigenvalue weighted by atomic mass is 9.97. The maximum atomic E-state index is 11.6. The van der Waals surface area contributed by atoms with E-state index in [0.717, 1.165) is 4.90 Å². The third kappa shape index (κ3) is 7.28. The Balaban J connectivity index is 4.24. The molecule has 7 nitrogen and oxygen atoms in total. The molecular formula is C12H22N2O5. The molecule has 7 heteroatoms. The Kier molecular flexibility index (Phi) is 7.55. The van der Waals surface area contributed by atoms with Gasteiger partial charge in [0, 0.05) is 13.6 Å². The van der Waals surface area contributed by atoms with Crippen LogP contribution in [0.5, 0.6) is 0 Å². The van der Waals surface area contributed by atoms with Crippen molar-refractivity contribution in [3.05, 3.63) is 0 Å². The Morgan fingerprint density at radius 3 is 2.32 bits per heavy atom. The number of amides is 2. The predicted octanol–water partition coefficient (Wildman–Crippen LogP) is 0.548. The van der Waals surface area contributed by atoms with Gasteiger partial charge in [-0.1, -0.05) is 13.8 Å². The molecule has 0 aliphatic rings. The van der Waals surface area contributed by atoms with Crippen LogP contribution in [0, 0.1) is 11.8 Å². The fraction of sp³-hybridized carbons (Fsp3) is 0.750. The average molecular weight is 274 g/mol. The monoisotopic (exact) mass is 274 g/mol. The first-order valence-corrected chi connectivity index (χ1v) is 6.06. The highest BCUT2D eigenvalue weighted by atomic mass is 16.5. The van der Waals surface area contributed by atoms with Gasteiger partial charge in [0.15, 0.2) is 0 Å². The molecule has 0 heterocycles. The number of nitrogens with zero attached hydrogens (tertiary/aromatic N) is 1. The molecule has 110 valence electrons. The van der Waals surface area contributed by atoms with Crippen molar-refractivity contribution in [3.63, 3.8) is 0 Å². The van der Waals surface area contributed by atoms with E-state index in [2.05, 4.69) is 10.1 Å². The predicted molar refractivity (Wildman–Crippen MR) is 68.6 cm³/mol. The maximum Gasteiger partial charge on any atom is 0.325 e. The number of esters is 1. The van der Waals surface area contributed by atoms with E-state index in [1.807, 2.05) is 13.8 Å². The molecule has 0 fully saturated rings. The van der Waals surface area contributed by atoms with Crippen LogP contribution in [0.1, 0.15) is 20.3 Å². The maximum absolute atomic E-state index is 11.6. The summed E-state index contributed by atoms with van der Waals surface area (Å²) in [4.78, 5) is 34.7. The van der Waals surface area contributed by atoms with Gasteiger partial charge in [-0.3, -0.25) is 9.59 Å². The number of rotatable bonds is 7. The van der Waals surface area contributed by atoms with Crippen molar-refractivity contribution in [2.75, 3.05) is 27.2 Å². The van der Waals surface area contributed by atoms with Gasteiger partial charge in [0.1, 0.15) is 6.54 Å². The van der Waals surface area contributed by atoms with Crippen molar-refractivity contribution in [2.24, 2.45) is 11.8 Å². The number of nitrogens with one attached hydrogen (secondary N) is 1. The summed E-state index contributed by atoms with van der Waals surface area (Å²) in [6.45, 7) is 3.70. The summed E-state index contributed by atoms with van der Waals surface area (Å²) in [5, 5.41) is 11.5. The summed E-state index contributed by atoms with van der Waals surface area (Å²) >= 11 is 0. The Morgan fingerprint density at radius 1 is 1.32 bits per heavy atom. The van der Waals surface area contributed by atoms with Crippen LogP contribution in [-0.2, 0) is 14.3 Å². The zero-order chi connectivity index (χ0) is 15.0. The molecule has 0 aliphatic heterocycles. The van der Waals surface area contributed by atoms with Crippen molar-refractivity contribution >= 4 is 18.0 Å². The van der Waals surface area contributed by atoms with Gasteiger partial charge in [0.25, 0.3) is 0 Å². The number of carboxylic acid groups (broad SMARTS) is 1. The van der Waals surface area contributed by atoms with Gasteiger partial charge >= 0.3 is 18.0 Å². The zero-order valence-corrected chi connectivity index (χ0v) is 11.8. The third-order valence-corrected chi connectivity index (χ3v) is 2.55. The molecule has 0 bridgehead atoms. The number of aliphatic carboxylic acids is 1. The molecule has 0 radical (unpaired) electrons. The number of likely N-dealkylation sites (N-methyl/N-ethyl adjacent to an activating group) is 1. The van der Waals surface area contributed by atoms with Crippen LogP contribution in [0.15, 0.2) is 0 Å². The molecule has 0 spiro atoms. The molecule has 0 saturated carbocycles. The number of hydrogen-bond acceptors (Lipinski definition) is 4. The SMILES string of the molecule is COC(=O)CN(C)C(=O)NCC(CC(C)C)C(=O)O. The van der Waals surface area contributed by atoms with Crippen molar-refractivity contribution in [3.8, 4) is 0 Å². The smallest absolute Gasteiger partial charge is 0.325 e. The van der Waals surface area contributed by atoms with Gasteiger partial charge in [0.05, 0.1) is 13.0 Å². The number of methoxy groups -OCH3 is 1. The normalized spacial score (nSPS) is 11.8. The number of carbonyl (C=O) groups excluding carboxylic acids is 2. The van der Waals surface area contributed by atoms with E-state index in [4.69, 9.17) is 5.11 Å². The van der Waals surface area contributed by atoms with Crippen molar-refractivity contribution < 1.29 is 24.2 Å². The number of carboxylic acids is 1. The number of urea groups is 1. The van der Waals surface area contributed by atoms with Crippen LogP contribution in [0.2, 0.25) is 0 Å². The molecule has 0 aliphatic carbocycles. The van der Waals surface area contributed by atoms with Gasteiger partial charge in [-0.2, -0.15) is 0 Å². The first kappa shape index (κ1) is 17.2. The Labute approximate surface area is 112 Å². The topological polar surface area (TPSA) is 95.9 Å². The average Bonchev–Trinajstić information content (AvgIpc) is 2.32. The second-order valence-electron chi connectivity index (χ2n) is 4.78. The number of hydrogen-bond donors (Lipinski definition) is 2. The Morgan fingerprint density at radius 2 is 1.89 bits per heavy atom. The summed E-state index contributed by atoms with van der Waals surface area (Å²) < 4.78 is 4.43. The molecule has 2 amide bonds. The second kappa shape index (κ2) is 8.34. The van der Waals surface area contributed by atoms with Gasteiger partial charge in [-0.05, 0) is 12.3 Å². The molecule has 0 aromatic rings. The first-order valence-electron chi connectivity index (χ1n) is 6.06. The number of ether oxygens (including phenoxy) is 1. The lowest BCUT2D eigenvalue weighted by Gasteiger charge is -2.19. The molecule has 1 unspecified atom stereocenters. The molecule has 1 atom stereocenters. The van der Waals surface area contributed by atoms with E-state index in [-0.39, 0.29) is 19.0 Å². The first-order chi connectivity index (χ1) is 8.77. The molecule has 0 aromatic heterocycles. The van der Waals surface area contributed by atoms with E-state index in [9.17, 15) is 14.4 Å². The Hall–Kier alpha value is -1.79. The summed E-state index contributed by atoms with van der Waals surface area (Å²) in [5.74, 6) is -1.87. The highest BCUT2D eigenvalue weighted by molar-refractivity contribution is 5.81. The summed E-state index contributed by atoms with van der Waals surface area (Å²) in [5.41, 5.74) is 0. The van der Waals surface area contributed by atoms with Gasteiger partial charge in [-0.15, -0.1) is 0 Å². The quantitative estimate of drug-likeness (QED) is 0.661. The van der Waals surface area contributed by atoms with E-state index in [1.54, 1.807) is 0 Å². The largest absolute Gasteiger partial charge is 0.481 e. The lowest BCUT2D eigenvalue weighted by Crippen LogP contribution is -2.43. The van der Waals surface area contributed by atoms with Crippen molar-refractivity contribution in [2.45, 2.75) is 20.3 Å². The third-order valence-electron chi connectivity index (χ3n) is 2.55. The summed E-state index contributed by atoms with van der Waals surface area (Å²) in [7, 11) is 2.67. The van der Waals surface area contributed by atoms with Crippen LogP contribution in [0.25, 0.3) is 0 Å². The van der Waals surface area contributed by atoms with Crippen LogP contribution in [0.3, 0.4) is 0 Å². The molecule has 0 aromatic carbocycles. The van der Waals surface area contributed by atoms with E-state index < -0.39 is 23.9 Å². The highest BCUT2D eigenvalue weighted by Gasteiger charge is 2.21. The van der Waals surface area contributed by atoms with Gasteiger partial charge < -0.3 is 20.1 Å². The minimum Gasteiger partial charge on any atom is -0.481 e. The lowest BCUT2D eigenvalue weighted by molar-refractivity contribution is -0.142. The van der Waals surface area contributed by atoms with E-state index >= 15 is 0 Å². The van der Waals surface area contributed by atoms with Gasteiger partial charge in [0.2, 0.25) is 0 Å². The molecule has 0 saturated heterocycles. The van der Waals surface area contributed by atoms with Crippen LogP contribution >= 0.6 is 0 Å². The van der Waals surface area contributed by atoms with Crippen LogP contribution in [-0.4, -0.2) is 55.2 Å². The van der Waals surface area contributed by atoms with Crippen LogP contribution in [0.4, 0.5) is 4.79 Å². The molecular weight excluding hydrogens is 252 g/mol. The zero-order valence-electron chi connectivity index (χ0n) is 11.8. The van der Waals surface area contributed by atoms with Crippen molar-refractivity contribution in [1.82, 2.24) is 10.2 Å². The summed E-state index contributed by atoms with van der Waals surface area (Å²) in [6.07, 6.45) is 0.482. The van der Waals surface area contributed by atoms with Crippen LogP contribution < -0.4 is 5.32 Å². The van der Waals surface area contributed by atoms with E-state index in [1.165, 1.54) is 14.2 Å². The minimum absolute atomic E-state index is 0.0395. The fourth-order valence-electron chi connectivity index (χ4n) is 1.52. The number of carbonyl (C=O) groups is 3. The second-order valence-corrected chi connectivity index (χ2v) is 4.78. The van der Waals surface area contributed by atoms with Crippen molar-refractivity contribution in [1.29, 1.82) is 0 Å². The highest BCUT2D eigenvalue weighted by Crippen LogP contribution is 2.11. The fourth-order valence-corrected chi connectivity index (χ4v) is 1.52. The standard InChI is InChI=1S/C12H22N2O5/c1-8(2)5-9(11(16)17)6-13-12(18)14(3)7-10(15)19-4/h8-9H,5-7H2,1-4H3,(H,13,18)(H,16,17). The molecule has 0 rings (SSSR count). The molecule has 2 N–H and O–H groups in total.